The van der Waals surface area contributed by atoms with Gasteiger partial charge in [0.25, 0.3) is 5.56 Å². The number of rotatable bonds is 10. The standard InChI is InChI=1S/C15H17FN2O3.C13H13FN2O3/c1-3-20-14-9-13(15(19)21-4-2)17-18(14)10-11-7-5-6-8-12(11)16;1-2-19-13(18)11-7-12(17)16(15-11)8-9-5-3-4-6-10(9)14/h5-9H,3-4,10H2,1-2H3;3-7,15H,2,8H2,1H3. The van der Waals surface area contributed by atoms with Crippen molar-refractivity contribution >= 4 is 11.9 Å². The van der Waals surface area contributed by atoms with Gasteiger partial charge >= 0.3 is 11.9 Å². The molecule has 40 heavy (non-hydrogen) atoms. The van der Waals surface area contributed by atoms with Gasteiger partial charge in [-0.1, -0.05) is 36.4 Å². The number of nitrogens with one attached hydrogen (secondary N) is 1. The summed E-state index contributed by atoms with van der Waals surface area (Å²) >= 11 is 0. The quantitative estimate of drug-likeness (QED) is 0.291. The normalized spacial score (nSPS) is 10.4. The molecule has 12 heteroatoms. The smallest absolute Gasteiger partial charge is 0.358 e. The highest BCUT2D eigenvalue weighted by atomic mass is 19.1. The number of carbonyl (C=O) groups excluding carboxylic acids is 2. The third-order valence-corrected chi connectivity index (χ3v) is 5.37. The van der Waals surface area contributed by atoms with Gasteiger partial charge in [0, 0.05) is 23.3 Å². The number of carbonyl (C=O) groups is 2. The van der Waals surface area contributed by atoms with Crippen molar-refractivity contribution in [3.63, 3.8) is 0 Å². The largest absolute Gasteiger partial charge is 0.478 e. The van der Waals surface area contributed by atoms with Gasteiger partial charge in [0.15, 0.2) is 5.69 Å². The predicted octanol–water partition coefficient (Wildman–Crippen LogP) is 4.19. The van der Waals surface area contributed by atoms with Crippen molar-refractivity contribution in [2.24, 2.45) is 0 Å². The Morgan fingerprint density at radius 3 is 1.98 bits per heavy atom. The van der Waals surface area contributed by atoms with Crippen LogP contribution in [-0.4, -0.2) is 51.3 Å². The fourth-order valence-electron chi connectivity index (χ4n) is 3.53. The SMILES string of the molecule is CCOC(=O)c1cc(=O)n(Cc2ccccc2F)[nH]1.CCOC(=O)c1cc(OCC)n(Cc2ccccc2F)n1. The molecule has 212 valence electrons. The highest BCUT2D eigenvalue weighted by molar-refractivity contribution is 5.87. The van der Waals surface area contributed by atoms with E-state index in [1.807, 2.05) is 6.92 Å². The number of ether oxygens (including phenoxy) is 3. The summed E-state index contributed by atoms with van der Waals surface area (Å²) in [5, 5.41) is 6.74. The van der Waals surface area contributed by atoms with Crippen LogP contribution in [0.5, 0.6) is 5.88 Å². The minimum absolute atomic E-state index is 0.0327. The number of H-pyrrole nitrogens is 1. The van der Waals surface area contributed by atoms with E-state index in [2.05, 4.69) is 10.2 Å². The van der Waals surface area contributed by atoms with Gasteiger partial charge < -0.3 is 14.2 Å². The lowest BCUT2D eigenvalue weighted by molar-refractivity contribution is 0.0509. The summed E-state index contributed by atoms with van der Waals surface area (Å²) in [6, 6.07) is 15.2. The minimum Gasteiger partial charge on any atom is -0.478 e. The molecule has 0 aliphatic rings. The van der Waals surface area contributed by atoms with Gasteiger partial charge in [0.2, 0.25) is 5.88 Å². The Labute approximate surface area is 229 Å². The van der Waals surface area contributed by atoms with E-state index < -0.39 is 23.3 Å². The summed E-state index contributed by atoms with van der Waals surface area (Å²) in [4.78, 5) is 34.8. The molecule has 4 aromatic rings. The fourth-order valence-corrected chi connectivity index (χ4v) is 3.53. The van der Waals surface area contributed by atoms with Crippen molar-refractivity contribution in [2.75, 3.05) is 19.8 Å². The molecule has 0 aliphatic carbocycles. The summed E-state index contributed by atoms with van der Waals surface area (Å²) in [5.41, 5.74) is 0.630. The van der Waals surface area contributed by atoms with Crippen LogP contribution in [0.3, 0.4) is 0 Å². The maximum atomic E-state index is 13.7. The average Bonchev–Trinajstić information content (AvgIpc) is 3.51. The van der Waals surface area contributed by atoms with Crippen molar-refractivity contribution in [3.8, 4) is 5.88 Å². The second-order valence-electron chi connectivity index (χ2n) is 8.18. The number of halogens is 2. The molecule has 0 bridgehead atoms. The summed E-state index contributed by atoms with van der Waals surface area (Å²) in [6.45, 7) is 6.34. The molecule has 0 spiro atoms. The first-order valence-corrected chi connectivity index (χ1v) is 12.6. The molecule has 0 radical (unpaired) electrons. The molecule has 0 aliphatic heterocycles. The molecule has 0 saturated heterocycles. The van der Waals surface area contributed by atoms with E-state index in [0.29, 0.717) is 23.6 Å². The molecule has 1 N–H and O–H groups in total. The van der Waals surface area contributed by atoms with Crippen LogP contribution in [-0.2, 0) is 22.6 Å². The molecule has 2 aromatic heterocycles. The van der Waals surface area contributed by atoms with Gasteiger partial charge in [-0.2, -0.15) is 5.10 Å². The van der Waals surface area contributed by atoms with Crippen LogP contribution >= 0.6 is 0 Å². The predicted molar refractivity (Wildman–Crippen MR) is 141 cm³/mol. The van der Waals surface area contributed by atoms with E-state index in [4.69, 9.17) is 14.2 Å². The first-order valence-electron chi connectivity index (χ1n) is 12.6. The van der Waals surface area contributed by atoms with E-state index >= 15 is 0 Å². The summed E-state index contributed by atoms with van der Waals surface area (Å²) in [7, 11) is 0. The number of aromatic nitrogens is 4. The van der Waals surface area contributed by atoms with Gasteiger partial charge in [-0.25, -0.2) is 27.7 Å². The Morgan fingerprint density at radius 2 is 1.40 bits per heavy atom. The molecule has 10 nitrogen and oxygen atoms in total. The van der Waals surface area contributed by atoms with Crippen LogP contribution in [0.15, 0.2) is 65.5 Å². The number of esters is 2. The molecule has 0 atom stereocenters. The lowest BCUT2D eigenvalue weighted by Gasteiger charge is -2.08. The van der Waals surface area contributed by atoms with Gasteiger partial charge in [-0.05, 0) is 32.9 Å². The van der Waals surface area contributed by atoms with Crippen molar-refractivity contribution in [3.05, 3.63) is 105 Å². The molecule has 0 fully saturated rings. The van der Waals surface area contributed by atoms with Crippen LogP contribution in [0.25, 0.3) is 0 Å². The number of hydrogen-bond acceptors (Lipinski definition) is 7. The summed E-state index contributed by atoms with van der Waals surface area (Å²) in [5.74, 6) is -1.45. The maximum Gasteiger partial charge on any atom is 0.358 e. The average molecular weight is 557 g/mol. The highest BCUT2D eigenvalue weighted by Crippen LogP contribution is 2.18. The van der Waals surface area contributed by atoms with Crippen LogP contribution in [0.4, 0.5) is 8.78 Å². The van der Waals surface area contributed by atoms with E-state index in [0.717, 1.165) is 10.7 Å². The van der Waals surface area contributed by atoms with E-state index in [1.54, 1.807) is 50.2 Å². The van der Waals surface area contributed by atoms with Crippen LogP contribution in [0, 0.1) is 11.6 Å². The van der Waals surface area contributed by atoms with Gasteiger partial charge in [-0.15, -0.1) is 0 Å². The molecule has 2 aromatic carbocycles. The molecule has 0 unspecified atom stereocenters. The van der Waals surface area contributed by atoms with Crippen molar-refractivity contribution in [2.45, 2.75) is 33.9 Å². The molecule has 2 heterocycles. The molecular formula is C28H30F2N4O6. The second kappa shape index (κ2) is 14.4. The number of nitrogens with zero attached hydrogens (tertiary/aromatic N) is 3. The lowest BCUT2D eigenvalue weighted by atomic mass is 10.2. The Hall–Kier alpha value is -4.74. The van der Waals surface area contributed by atoms with Crippen molar-refractivity contribution in [1.82, 2.24) is 19.6 Å². The monoisotopic (exact) mass is 556 g/mol. The Kier molecular flexibility index (Phi) is 10.7. The summed E-state index contributed by atoms with van der Waals surface area (Å²) < 4.78 is 44.9. The zero-order valence-electron chi connectivity index (χ0n) is 22.4. The topological polar surface area (TPSA) is 117 Å². The fraction of sp³-hybridized carbons (Fsp3) is 0.286. The Bertz CT molecular complexity index is 1490. The number of benzene rings is 2. The van der Waals surface area contributed by atoms with Gasteiger partial charge in [-0.3, -0.25) is 9.89 Å². The van der Waals surface area contributed by atoms with E-state index in [9.17, 15) is 23.2 Å². The minimum atomic E-state index is -0.605. The Morgan fingerprint density at radius 1 is 0.825 bits per heavy atom. The zero-order chi connectivity index (χ0) is 29.1. The van der Waals surface area contributed by atoms with Crippen molar-refractivity contribution in [1.29, 1.82) is 0 Å². The highest BCUT2D eigenvalue weighted by Gasteiger charge is 2.17. The lowest BCUT2D eigenvalue weighted by Crippen LogP contribution is -2.17. The van der Waals surface area contributed by atoms with Crippen LogP contribution < -0.4 is 10.3 Å². The third-order valence-electron chi connectivity index (χ3n) is 5.37. The number of aromatic amines is 1. The van der Waals surface area contributed by atoms with Gasteiger partial charge in [0.1, 0.15) is 17.3 Å². The van der Waals surface area contributed by atoms with Crippen LogP contribution in [0.1, 0.15) is 52.9 Å². The molecule has 4 rings (SSSR count). The zero-order valence-corrected chi connectivity index (χ0v) is 22.4. The van der Waals surface area contributed by atoms with Gasteiger partial charge in [0.05, 0.1) is 32.9 Å². The first kappa shape index (κ1) is 29.8. The van der Waals surface area contributed by atoms with Crippen LogP contribution in [0.2, 0.25) is 0 Å². The number of hydrogen-bond donors (Lipinski definition) is 1. The Balaban J connectivity index is 0.000000222. The maximum absolute atomic E-state index is 13.7. The van der Waals surface area contributed by atoms with Crippen molar-refractivity contribution < 1.29 is 32.6 Å². The van der Waals surface area contributed by atoms with E-state index in [-0.39, 0.29) is 43.5 Å². The molecule has 0 saturated carbocycles. The second-order valence-corrected chi connectivity index (χ2v) is 8.18. The summed E-state index contributed by atoms with van der Waals surface area (Å²) in [6.07, 6.45) is 0. The molecular weight excluding hydrogens is 526 g/mol. The third kappa shape index (κ3) is 7.88. The molecule has 0 amide bonds. The van der Waals surface area contributed by atoms with E-state index in [1.165, 1.54) is 22.9 Å². The first-order chi connectivity index (χ1) is 19.3.